The Labute approximate surface area is 151 Å². The van der Waals surface area contributed by atoms with Gasteiger partial charge in [-0.1, -0.05) is 6.07 Å². The molecule has 0 bridgehead atoms. The van der Waals surface area contributed by atoms with E-state index in [-0.39, 0.29) is 6.09 Å². The third-order valence-electron chi connectivity index (χ3n) is 4.13. The Morgan fingerprint density at radius 3 is 2.56 bits per heavy atom. The molecule has 1 saturated heterocycles. The van der Waals surface area contributed by atoms with Crippen LogP contribution in [-0.2, 0) is 11.3 Å². The maximum absolute atomic E-state index is 12.0. The van der Waals surface area contributed by atoms with Gasteiger partial charge in [-0.3, -0.25) is 9.88 Å². The van der Waals surface area contributed by atoms with E-state index in [1.165, 1.54) is 5.56 Å². The maximum atomic E-state index is 12.0. The molecule has 2 heterocycles. The van der Waals surface area contributed by atoms with Crippen molar-refractivity contribution < 1.29 is 9.53 Å². The van der Waals surface area contributed by atoms with Crippen LogP contribution in [0.4, 0.5) is 4.79 Å². The number of aryl methyl sites for hydroxylation is 1. The first-order valence-electron chi connectivity index (χ1n) is 9.16. The lowest BCUT2D eigenvalue weighted by atomic mass is 10.2. The number of carbonyl (C=O) groups excluding carboxylic acids is 1. The van der Waals surface area contributed by atoms with Crippen molar-refractivity contribution in [3.05, 3.63) is 29.6 Å². The third kappa shape index (κ3) is 7.40. The molecule has 0 atom stereocenters. The Morgan fingerprint density at radius 2 is 1.96 bits per heavy atom. The lowest BCUT2D eigenvalue weighted by molar-refractivity contribution is 0.0144. The molecule has 140 valence electrons. The number of carbonyl (C=O) groups is 1. The van der Waals surface area contributed by atoms with Crippen molar-refractivity contribution in [1.29, 1.82) is 0 Å². The van der Waals surface area contributed by atoms with Gasteiger partial charge in [-0.05, 0) is 58.8 Å². The van der Waals surface area contributed by atoms with Crippen LogP contribution in [0.15, 0.2) is 18.3 Å². The minimum absolute atomic E-state index is 0.195. The molecule has 25 heavy (non-hydrogen) atoms. The van der Waals surface area contributed by atoms with Crippen LogP contribution in [0.3, 0.4) is 0 Å². The summed E-state index contributed by atoms with van der Waals surface area (Å²) in [6.07, 6.45) is 2.80. The van der Waals surface area contributed by atoms with Crippen LogP contribution < -0.4 is 5.32 Å². The normalized spacial score (nSPS) is 16.1. The van der Waals surface area contributed by atoms with E-state index in [1.807, 2.05) is 38.8 Å². The number of aromatic nitrogens is 1. The van der Waals surface area contributed by atoms with Crippen molar-refractivity contribution in [2.45, 2.75) is 46.3 Å². The molecule has 0 aliphatic carbocycles. The second-order valence-electron chi connectivity index (χ2n) is 7.67. The molecule has 0 unspecified atom stereocenters. The topological polar surface area (TPSA) is 57.7 Å². The molecular weight excluding hydrogens is 316 g/mol. The van der Waals surface area contributed by atoms with Gasteiger partial charge in [0.25, 0.3) is 0 Å². The van der Waals surface area contributed by atoms with E-state index in [2.05, 4.69) is 27.3 Å². The quantitative estimate of drug-likeness (QED) is 0.800. The summed E-state index contributed by atoms with van der Waals surface area (Å²) in [7, 11) is 0. The Hall–Kier alpha value is -1.66. The van der Waals surface area contributed by atoms with Crippen LogP contribution in [-0.4, -0.2) is 65.7 Å². The molecule has 1 N–H and O–H groups in total. The number of ether oxygens (including phenoxy) is 1. The van der Waals surface area contributed by atoms with E-state index in [4.69, 9.17) is 4.74 Å². The summed E-state index contributed by atoms with van der Waals surface area (Å²) in [6, 6.07) is 4.16. The minimum atomic E-state index is -0.424. The van der Waals surface area contributed by atoms with Crippen molar-refractivity contribution in [2.75, 3.05) is 39.3 Å². The summed E-state index contributed by atoms with van der Waals surface area (Å²) in [5, 5.41) is 3.44. The fourth-order valence-corrected chi connectivity index (χ4v) is 2.73. The molecule has 1 amide bonds. The lowest BCUT2D eigenvalue weighted by Crippen LogP contribution is -2.50. The molecule has 1 aliphatic heterocycles. The smallest absolute Gasteiger partial charge is 0.410 e. The molecule has 1 aliphatic rings. The molecule has 6 nitrogen and oxygen atoms in total. The van der Waals surface area contributed by atoms with Gasteiger partial charge in [-0.25, -0.2) is 4.79 Å². The highest BCUT2D eigenvalue weighted by atomic mass is 16.6. The first-order valence-corrected chi connectivity index (χ1v) is 9.16. The first-order chi connectivity index (χ1) is 11.8. The Balaban J connectivity index is 1.56. The van der Waals surface area contributed by atoms with Crippen molar-refractivity contribution in [1.82, 2.24) is 20.1 Å². The Morgan fingerprint density at radius 1 is 1.24 bits per heavy atom. The molecule has 1 fully saturated rings. The van der Waals surface area contributed by atoms with Crippen molar-refractivity contribution in [2.24, 2.45) is 0 Å². The van der Waals surface area contributed by atoms with Gasteiger partial charge in [0, 0.05) is 38.9 Å². The van der Waals surface area contributed by atoms with E-state index >= 15 is 0 Å². The maximum Gasteiger partial charge on any atom is 0.410 e. The van der Waals surface area contributed by atoms with E-state index in [0.717, 1.165) is 57.9 Å². The van der Waals surface area contributed by atoms with E-state index in [9.17, 15) is 4.79 Å². The van der Waals surface area contributed by atoms with E-state index in [1.54, 1.807) is 0 Å². The van der Waals surface area contributed by atoms with Crippen molar-refractivity contribution in [3.8, 4) is 0 Å². The molecule has 1 aromatic heterocycles. The zero-order chi connectivity index (χ0) is 18.3. The fourth-order valence-electron chi connectivity index (χ4n) is 2.73. The van der Waals surface area contributed by atoms with Crippen LogP contribution in [0, 0.1) is 6.92 Å². The molecular formula is C19H32N4O2. The zero-order valence-electron chi connectivity index (χ0n) is 16.0. The third-order valence-corrected chi connectivity index (χ3v) is 4.13. The monoisotopic (exact) mass is 348 g/mol. The molecule has 0 spiro atoms. The molecule has 2 rings (SSSR count). The molecule has 1 aromatic rings. The van der Waals surface area contributed by atoms with Crippen LogP contribution in [0.5, 0.6) is 0 Å². The predicted molar refractivity (Wildman–Crippen MR) is 99.5 cm³/mol. The Bertz CT molecular complexity index is 531. The van der Waals surface area contributed by atoms with Gasteiger partial charge in [-0.2, -0.15) is 0 Å². The second kappa shape index (κ2) is 9.15. The standard InChI is InChI=1S/C19H32N4O2/c1-16-6-7-17(21-14-16)15-20-8-5-9-22-10-12-23(13-11-22)18(24)25-19(2,3)4/h6-7,14,20H,5,8-13,15H2,1-4H3. The average Bonchev–Trinajstić information content (AvgIpc) is 2.55. The summed E-state index contributed by atoms with van der Waals surface area (Å²) in [4.78, 5) is 20.7. The van der Waals surface area contributed by atoms with Gasteiger partial charge in [0.2, 0.25) is 0 Å². The number of nitrogens with zero attached hydrogens (tertiary/aromatic N) is 3. The number of hydrogen-bond acceptors (Lipinski definition) is 5. The van der Waals surface area contributed by atoms with Crippen LogP contribution in [0.1, 0.15) is 38.4 Å². The second-order valence-corrected chi connectivity index (χ2v) is 7.67. The van der Waals surface area contributed by atoms with Gasteiger partial charge < -0.3 is 15.0 Å². The van der Waals surface area contributed by atoms with Crippen molar-refractivity contribution >= 4 is 6.09 Å². The number of pyridine rings is 1. The molecule has 0 aromatic carbocycles. The number of rotatable bonds is 6. The number of nitrogens with one attached hydrogen (secondary N) is 1. The van der Waals surface area contributed by atoms with Crippen molar-refractivity contribution in [3.63, 3.8) is 0 Å². The number of piperazine rings is 1. The summed E-state index contributed by atoms with van der Waals surface area (Å²) in [6.45, 7) is 13.9. The predicted octanol–water partition coefficient (Wildman–Crippen LogP) is 2.42. The SMILES string of the molecule is Cc1ccc(CNCCCN2CCN(C(=O)OC(C)(C)C)CC2)nc1. The highest BCUT2D eigenvalue weighted by Gasteiger charge is 2.25. The van der Waals surface area contributed by atoms with Gasteiger partial charge in [-0.15, -0.1) is 0 Å². The highest BCUT2D eigenvalue weighted by molar-refractivity contribution is 5.68. The fraction of sp³-hybridized carbons (Fsp3) is 0.684. The molecule has 0 radical (unpaired) electrons. The minimum Gasteiger partial charge on any atom is -0.444 e. The number of amides is 1. The number of hydrogen-bond donors (Lipinski definition) is 1. The van der Waals surface area contributed by atoms with Crippen LogP contribution >= 0.6 is 0 Å². The van der Waals surface area contributed by atoms with E-state index in [0.29, 0.717) is 0 Å². The van der Waals surface area contributed by atoms with Gasteiger partial charge >= 0.3 is 6.09 Å². The van der Waals surface area contributed by atoms with Gasteiger partial charge in [0.1, 0.15) is 5.60 Å². The van der Waals surface area contributed by atoms with E-state index < -0.39 is 5.60 Å². The molecule has 0 saturated carbocycles. The van der Waals surface area contributed by atoms with Crippen LogP contribution in [0.2, 0.25) is 0 Å². The van der Waals surface area contributed by atoms with Gasteiger partial charge in [0.05, 0.1) is 5.69 Å². The highest BCUT2D eigenvalue weighted by Crippen LogP contribution is 2.11. The lowest BCUT2D eigenvalue weighted by Gasteiger charge is -2.35. The summed E-state index contributed by atoms with van der Waals surface area (Å²) >= 11 is 0. The Kier molecular flexibility index (Phi) is 7.20. The molecule has 6 heteroatoms. The summed E-state index contributed by atoms with van der Waals surface area (Å²) < 4.78 is 5.43. The zero-order valence-corrected chi connectivity index (χ0v) is 16.0. The largest absolute Gasteiger partial charge is 0.444 e. The summed E-state index contributed by atoms with van der Waals surface area (Å²) in [5.74, 6) is 0. The van der Waals surface area contributed by atoms with Crippen LogP contribution in [0.25, 0.3) is 0 Å². The summed E-state index contributed by atoms with van der Waals surface area (Å²) in [5.41, 5.74) is 1.84. The average molecular weight is 348 g/mol. The first kappa shape index (κ1) is 19.7. The van der Waals surface area contributed by atoms with Gasteiger partial charge in [0.15, 0.2) is 0 Å².